The molecule has 1 atom stereocenters. The molecule has 1 saturated heterocycles. The quantitative estimate of drug-likeness (QED) is 0.736. The van der Waals surface area contributed by atoms with Gasteiger partial charge in [0.15, 0.2) is 9.84 Å². The third kappa shape index (κ3) is 5.17. The summed E-state index contributed by atoms with van der Waals surface area (Å²) in [6.07, 6.45) is 2.32. The lowest BCUT2D eigenvalue weighted by Gasteiger charge is -2.22. The standard InChI is InChI=1S/C15H23NO6S2/c1-12-10-14(23(18,19)9-7-17)5-6-15(12)16-24(20,21)11-13-4-2-3-8-22-13/h5-6,10,13,16-17H,2-4,7-9,11H2,1H3/t13-/m0/s1. The lowest BCUT2D eigenvalue weighted by molar-refractivity contribution is 0.0306. The third-order valence-electron chi connectivity index (χ3n) is 3.86. The molecule has 0 aromatic heterocycles. The third-order valence-corrected chi connectivity index (χ3v) is 6.90. The Kier molecular flexibility index (Phi) is 6.24. The van der Waals surface area contributed by atoms with Crippen LogP contribution >= 0.6 is 0 Å². The van der Waals surface area contributed by atoms with E-state index in [2.05, 4.69) is 4.72 Å². The highest BCUT2D eigenvalue weighted by molar-refractivity contribution is 7.92. The second kappa shape index (κ2) is 7.81. The van der Waals surface area contributed by atoms with Gasteiger partial charge >= 0.3 is 0 Å². The Hall–Kier alpha value is -1.16. The van der Waals surface area contributed by atoms with Crippen molar-refractivity contribution in [3.8, 4) is 0 Å². The zero-order chi connectivity index (χ0) is 17.8. The van der Waals surface area contributed by atoms with E-state index in [9.17, 15) is 16.8 Å². The van der Waals surface area contributed by atoms with E-state index in [1.54, 1.807) is 6.92 Å². The highest BCUT2D eigenvalue weighted by Crippen LogP contribution is 2.22. The van der Waals surface area contributed by atoms with Crippen molar-refractivity contribution in [3.05, 3.63) is 23.8 Å². The first-order valence-corrected chi connectivity index (χ1v) is 11.1. The van der Waals surface area contributed by atoms with Crippen LogP contribution in [-0.4, -0.2) is 52.8 Å². The summed E-state index contributed by atoms with van der Waals surface area (Å²) in [6, 6.07) is 4.17. The molecule has 1 aliphatic rings. The van der Waals surface area contributed by atoms with E-state index < -0.39 is 26.5 Å². The second-order valence-electron chi connectivity index (χ2n) is 5.89. The number of rotatable bonds is 7. The van der Waals surface area contributed by atoms with Gasteiger partial charge in [-0.15, -0.1) is 0 Å². The van der Waals surface area contributed by atoms with Crippen molar-refractivity contribution in [2.24, 2.45) is 0 Å². The number of hydrogen-bond acceptors (Lipinski definition) is 6. The van der Waals surface area contributed by atoms with E-state index in [1.807, 2.05) is 0 Å². The van der Waals surface area contributed by atoms with Crippen LogP contribution < -0.4 is 4.72 Å². The molecule has 1 fully saturated rings. The molecule has 0 aliphatic carbocycles. The van der Waals surface area contributed by atoms with Crippen molar-refractivity contribution in [1.82, 2.24) is 0 Å². The van der Waals surface area contributed by atoms with Crippen LogP contribution in [0.4, 0.5) is 5.69 Å². The van der Waals surface area contributed by atoms with Gasteiger partial charge in [0.05, 0.1) is 34.8 Å². The maximum atomic E-state index is 12.3. The number of aliphatic hydroxyl groups is 1. The van der Waals surface area contributed by atoms with Crippen LogP contribution in [0.15, 0.2) is 23.1 Å². The van der Waals surface area contributed by atoms with Gasteiger partial charge in [0, 0.05) is 6.61 Å². The lowest BCUT2D eigenvalue weighted by Crippen LogP contribution is -2.31. The average Bonchev–Trinajstić information content (AvgIpc) is 2.49. The van der Waals surface area contributed by atoms with Crippen molar-refractivity contribution < 1.29 is 26.7 Å². The zero-order valence-electron chi connectivity index (χ0n) is 13.6. The Balaban J connectivity index is 2.12. The number of aryl methyl sites for hydroxylation is 1. The summed E-state index contributed by atoms with van der Waals surface area (Å²) in [6.45, 7) is 1.75. The fourth-order valence-electron chi connectivity index (χ4n) is 2.57. The van der Waals surface area contributed by atoms with E-state index >= 15 is 0 Å². The highest BCUT2D eigenvalue weighted by atomic mass is 32.2. The Morgan fingerprint density at radius 1 is 1.25 bits per heavy atom. The van der Waals surface area contributed by atoms with Crippen LogP contribution in [0.5, 0.6) is 0 Å². The molecule has 2 N–H and O–H groups in total. The predicted molar refractivity (Wildman–Crippen MR) is 91.3 cm³/mol. The minimum atomic E-state index is -3.58. The summed E-state index contributed by atoms with van der Waals surface area (Å²) < 4.78 is 56.3. The number of aliphatic hydroxyl groups excluding tert-OH is 1. The number of sulfonamides is 1. The molecule has 1 aromatic carbocycles. The highest BCUT2D eigenvalue weighted by Gasteiger charge is 2.23. The fraction of sp³-hybridized carbons (Fsp3) is 0.600. The summed E-state index contributed by atoms with van der Waals surface area (Å²) >= 11 is 0. The fourth-order valence-corrected chi connectivity index (χ4v) is 5.08. The van der Waals surface area contributed by atoms with Crippen molar-refractivity contribution in [2.75, 3.05) is 29.4 Å². The molecule has 7 nitrogen and oxygen atoms in total. The molecule has 0 radical (unpaired) electrons. The minimum absolute atomic E-state index is 0.0626. The van der Waals surface area contributed by atoms with E-state index in [0.29, 0.717) is 17.9 Å². The molecule has 1 aromatic rings. The van der Waals surface area contributed by atoms with Gasteiger partial charge in [-0.1, -0.05) is 0 Å². The Bertz CT molecular complexity index is 767. The molecule has 0 amide bonds. The molecule has 0 saturated carbocycles. The minimum Gasteiger partial charge on any atom is -0.395 e. The van der Waals surface area contributed by atoms with Gasteiger partial charge in [0.2, 0.25) is 10.0 Å². The van der Waals surface area contributed by atoms with Crippen LogP contribution in [0.3, 0.4) is 0 Å². The number of sulfone groups is 1. The average molecular weight is 377 g/mol. The summed E-state index contributed by atoms with van der Waals surface area (Å²) in [7, 11) is -7.14. The lowest BCUT2D eigenvalue weighted by atomic mass is 10.1. The summed E-state index contributed by atoms with van der Waals surface area (Å²) in [5, 5.41) is 8.81. The Labute approximate surface area is 143 Å². The number of ether oxygens (including phenoxy) is 1. The smallest absolute Gasteiger partial charge is 0.235 e. The van der Waals surface area contributed by atoms with Gasteiger partial charge in [0.1, 0.15) is 0 Å². The molecule has 136 valence electrons. The van der Waals surface area contributed by atoms with Crippen LogP contribution in [0.25, 0.3) is 0 Å². The van der Waals surface area contributed by atoms with Crippen molar-refractivity contribution in [3.63, 3.8) is 0 Å². The number of benzene rings is 1. The van der Waals surface area contributed by atoms with Gasteiger partial charge in [-0.3, -0.25) is 4.72 Å². The molecule has 0 spiro atoms. The first-order valence-electron chi connectivity index (χ1n) is 7.80. The van der Waals surface area contributed by atoms with Crippen molar-refractivity contribution >= 4 is 25.5 Å². The van der Waals surface area contributed by atoms with Gasteiger partial charge < -0.3 is 9.84 Å². The van der Waals surface area contributed by atoms with E-state index in [4.69, 9.17) is 9.84 Å². The molecule has 2 rings (SSSR count). The number of hydrogen-bond donors (Lipinski definition) is 2. The molecular weight excluding hydrogens is 354 g/mol. The van der Waals surface area contributed by atoms with Gasteiger partial charge in [-0.25, -0.2) is 16.8 Å². The molecule has 0 bridgehead atoms. The summed E-state index contributed by atoms with van der Waals surface area (Å²) in [5.74, 6) is -0.479. The van der Waals surface area contributed by atoms with Crippen LogP contribution in [0, 0.1) is 6.92 Å². The number of nitrogens with one attached hydrogen (secondary N) is 1. The monoisotopic (exact) mass is 377 g/mol. The van der Waals surface area contributed by atoms with Crippen LogP contribution in [-0.2, 0) is 24.6 Å². The van der Waals surface area contributed by atoms with Gasteiger partial charge in [-0.05, 0) is 49.9 Å². The van der Waals surface area contributed by atoms with Crippen LogP contribution in [0.2, 0.25) is 0 Å². The topological polar surface area (TPSA) is 110 Å². The Morgan fingerprint density at radius 3 is 2.58 bits per heavy atom. The molecular formula is C15H23NO6S2. The first kappa shape index (κ1) is 19.2. The zero-order valence-corrected chi connectivity index (χ0v) is 15.2. The molecule has 1 aliphatic heterocycles. The predicted octanol–water partition coefficient (Wildman–Crippen LogP) is 1.07. The molecule has 9 heteroatoms. The van der Waals surface area contributed by atoms with E-state index in [-0.39, 0.29) is 22.5 Å². The maximum absolute atomic E-state index is 12.3. The molecule has 0 unspecified atom stereocenters. The van der Waals surface area contributed by atoms with E-state index in [1.165, 1.54) is 18.2 Å². The summed E-state index contributed by atoms with van der Waals surface area (Å²) in [5.41, 5.74) is 0.843. The van der Waals surface area contributed by atoms with Crippen molar-refractivity contribution in [1.29, 1.82) is 0 Å². The largest absolute Gasteiger partial charge is 0.395 e. The number of anilines is 1. The molecule has 1 heterocycles. The first-order chi connectivity index (χ1) is 11.2. The second-order valence-corrected chi connectivity index (χ2v) is 9.77. The van der Waals surface area contributed by atoms with Gasteiger partial charge in [-0.2, -0.15) is 0 Å². The summed E-state index contributed by atoms with van der Waals surface area (Å²) in [4.78, 5) is 0.0626. The van der Waals surface area contributed by atoms with E-state index in [0.717, 1.165) is 19.3 Å². The van der Waals surface area contributed by atoms with Crippen molar-refractivity contribution in [2.45, 2.75) is 37.2 Å². The van der Waals surface area contributed by atoms with Gasteiger partial charge in [0.25, 0.3) is 0 Å². The SMILES string of the molecule is Cc1cc(S(=O)(=O)CCO)ccc1NS(=O)(=O)C[C@@H]1CCCCO1. The Morgan fingerprint density at radius 2 is 2.00 bits per heavy atom. The normalized spacial score (nSPS) is 19.2. The van der Waals surface area contributed by atoms with Crippen LogP contribution in [0.1, 0.15) is 24.8 Å². The maximum Gasteiger partial charge on any atom is 0.235 e. The molecule has 24 heavy (non-hydrogen) atoms.